The van der Waals surface area contributed by atoms with Gasteiger partial charge in [0.25, 0.3) is 0 Å². The Morgan fingerprint density at radius 3 is 2.43 bits per heavy atom. The van der Waals surface area contributed by atoms with E-state index in [0.717, 1.165) is 32.6 Å². The van der Waals surface area contributed by atoms with E-state index in [1.165, 1.54) is 23.5 Å². The average Bonchev–Trinajstić information content (AvgIpc) is 3.46. The van der Waals surface area contributed by atoms with E-state index in [9.17, 15) is 9.18 Å². The minimum atomic E-state index is -0.776. The van der Waals surface area contributed by atoms with E-state index in [4.69, 9.17) is 0 Å². The minimum absolute atomic E-state index is 0.0946. The molecule has 2 heterocycles. The molecule has 5 nitrogen and oxygen atoms in total. The summed E-state index contributed by atoms with van der Waals surface area (Å²) in [7, 11) is 0. The molecule has 1 unspecified atom stereocenters. The van der Waals surface area contributed by atoms with Gasteiger partial charge in [0.05, 0.1) is 22.8 Å². The Balaban J connectivity index is 1.56. The van der Waals surface area contributed by atoms with Crippen molar-refractivity contribution in [2.75, 3.05) is 5.32 Å². The molecule has 5 aromatic rings. The summed E-state index contributed by atoms with van der Waals surface area (Å²) in [5.74, 6) is -0.585. The number of aromatic nitrogens is 3. The monoisotopic (exact) mass is 484 g/mol. The molecule has 0 radical (unpaired) electrons. The number of fused-ring (bicyclic) bond motifs is 1. The number of rotatable bonds is 6. The lowest BCUT2D eigenvalue weighted by atomic mass is 9.70. The molecule has 7 heteroatoms. The fourth-order valence-corrected chi connectivity index (χ4v) is 5.15. The zero-order valence-corrected chi connectivity index (χ0v) is 20.5. The number of carbonyl (C=O) groups excluding carboxylic acids is 1. The van der Waals surface area contributed by atoms with Gasteiger partial charge in [0.2, 0.25) is 5.91 Å². The van der Waals surface area contributed by atoms with E-state index in [-0.39, 0.29) is 17.6 Å². The molecule has 0 bridgehead atoms. The van der Waals surface area contributed by atoms with Gasteiger partial charge in [-0.25, -0.2) is 14.1 Å². The average molecular weight is 485 g/mol. The van der Waals surface area contributed by atoms with Crippen LogP contribution in [-0.4, -0.2) is 20.7 Å². The molecule has 176 valence electrons. The van der Waals surface area contributed by atoms with Crippen LogP contribution in [0.4, 0.5) is 9.52 Å². The van der Waals surface area contributed by atoms with Gasteiger partial charge in [-0.2, -0.15) is 5.10 Å². The molecule has 0 aliphatic rings. The Bertz CT molecular complexity index is 1490. The molecule has 1 N–H and O–H groups in total. The normalized spacial score (nSPS) is 12.6. The first-order valence-corrected chi connectivity index (χ1v) is 12.2. The number of benzene rings is 3. The maximum Gasteiger partial charge on any atom is 0.232 e. The summed E-state index contributed by atoms with van der Waals surface area (Å²) in [5.41, 5.74) is 2.98. The molecule has 1 atom stereocenters. The molecule has 2 aromatic heterocycles. The number of halogens is 1. The topological polar surface area (TPSA) is 59.8 Å². The van der Waals surface area contributed by atoms with Crippen LogP contribution in [-0.2, 0) is 4.79 Å². The molecule has 0 saturated heterocycles. The summed E-state index contributed by atoms with van der Waals surface area (Å²) in [5, 5.41) is 9.09. The van der Waals surface area contributed by atoms with Gasteiger partial charge in [-0.05, 0) is 54.4 Å². The third-order valence-corrected chi connectivity index (χ3v) is 7.11. The largest absolute Gasteiger partial charge is 0.301 e. The SMILES string of the molecule is Cc1cnc(NC(=O)C(C)(C)C(c2ccccc2)c2ccc3c(cnn3-c3ccc(F)cc3)c2)s1. The maximum absolute atomic E-state index is 13.5. The van der Waals surface area contributed by atoms with Crippen LogP contribution in [0.3, 0.4) is 0 Å². The Morgan fingerprint density at radius 1 is 1.00 bits per heavy atom. The second-order valence-corrected chi connectivity index (χ2v) is 10.4. The second kappa shape index (κ2) is 9.07. The number of hydrogen-bond acceptors (Lipinski definition) is 4. The summed E-state index contributed by atoms with van der Waals surface area (Å²) < 4.78 is 15.2. The van der Waals surface area contributed by atoms with Crippen LogP contribution in [0.2, 0.25) is 0 Å². The highest BCUT2D eigenvalue weighted by molar-refractivity contribution is 7.15. The molecule has 0 aliphatic heterocycles. The van der Waals surface area contributed by atoms with E-state index in [1.54, 1.807) is 29.2 Å². The fourth-order valence-electron chi connectivity index (χ4n) is 4.49. The van der Waals surface area contributed by atoms with Crippen molar-refractivity contribution in [1.29, 1.82) is 0 Å². The van der Waals surface area contributed by atoms with Gasteiger partial charge in [0.15, 0.2) is 5.13 Å². The zero-order chi connectivity index (χ0) is 24.6. The van der Waals surface area contributed by atoms with Crippen LogP contribution >= 0.6 is 11.3 Å². The molecule has 0 spiro atoms. The highest BCUT2D eigenvalue weighted by Gasteiger charge is 2.39. The lowest BCUT2D eigenvalue weighted by Gasteiger charge is -2.34. The van der Waals surface area contributed by atoms with E-state index in [1.807, 2.05) is 51.1 Å². The molecule has 0 saturated carbocycles. The van der Waals surface area contributed by atoms with Crippen LogP contribution < -0.4 is 5.32 Å². The molecule has 0 fully saturated rings. The number of hydrogen-bond donors (Lipinski definition) is 1. The standard InChI is InChI=1S/C28H25FN4OS/c1-18-16-30-27(35-18)32-26(34)28(2,3)25(19-7-5-4-6-8-19)20-9-14-24-21(15-20)17-31-33(24)23-12-10-22(29)11-13-23/h4-17,25H,1-3H3,(H,30,32,34). The van der Waals surface area contributed by atoms with Crippen LogP contribution in [0.15, 0.2) is 85.2 Å². The predicted octanol–water partition coefficient (Wildman–Crippen LogP) is 6.73. The number of carbonyl (C=O) groups is 1. The first kappa shape index (κ1) is 22.9. The van der Waals surface area contributed by atoms with Gasteiger partial charge in [0.1, 0.15) is 5.82 Å². The molecule has 1 amide bonds. The lowest BCUT2D eigenvalue weighted by molar-refractivity contribution is -0.124. The van der Waals surface area contributed by atoms with E-state index < -0.39 is 5.41 Å². The van der Waals surface area contributed by atoms with Crippen molar-refractivity contribution in [2.45, 2.75) is 26.7 Å². The second-order valence-electron chi connectivity index (χ2n) is 9.15. The quantitative estimate of drug-likeness (QED) is 0.291. The van der Waals surface area contributed by atoms with Crippen molar-refractivity contribution in [3.05, 3.63) is 107 Å². The molecule has 5 rings (SSSR count). The van der Waals surface area contributed by atoms with Crippen molar-refractivity contribution in [3.63, 3.8) is 0 Å². The summed E-state index contributed by atoms with van der Waals surface area (Å²) in [6.45, 7) is 5.89. The van der Waals surface area contributed by atoms with Crippen LogP contribution in [0.25, 0.3) is 16.6 Å². The Hall–Kier alpha value is -3.84. The first-order chi connectivity index (χ1) is 16.8. The summed E-state index contributed by atoms with van der Waals surface area (Å²) in [4.78, 5) is 18.9. The minimum Gasteiger partial charge on any atom is -0.301 e. The Kier molecular flexibility index (Phi) is 5.94. The van der Waals surface area contributed by atoms with Crippen LogP contribution in [0.5, 0.6) is 0 Å². The van der Waals surface area contributed by atoms with Gasteiger partial charge in [-0.15, -0.1) is 11.3 Å². The van der Waals surface area contributed by atoms with Crippen LogP contribution in [0.1, 0.15) is 35.8 Å². The molecular formula is C28H25FN4OS. The number of nitrogens with zero attached hydrogens (tertiary/aromatic N) is 3. The van der Waals surface area contributed by atoms with Crippen molar-refractivity contribution < 1.29 is 9.18 Å². The van der Waals surface area contributed by atoms with Gasteiger partial charge >= 0.3 is 0 Å². The van der Waals surface area contributed by atoms with Crippen LogP contribution in [0, 0.1) is 18.2 Å². The van der Waals surface area contributed by atoms with E-state index >= 15 is 0 Å². The predicted molar refractivity (Wildman–Crippen MR) is 139 cm³/mol. The number of anilines is 1. The number of nitrogens with one attached hydrogen (secondary N) is 1. The van der Waals surface area contributed by atoms with Crippen molar-refractivity contribution in [1.82, 2.24) is 14.8 Å². The molecule has 3 aromatic carbocycles. The number of aryl methyl sites for hydroxylation is 1. The van der Waals surface area contributed by atoms with Crippen molar-refractivity contribution >= 4 is 33.3 Å². The van der Waals surface area contributed by atoms with Gasteiger partial charge in [-0.1, -0.05) is 50.2 Å². The third-order valence-electron chi connectivity index (χ3n) is 6.28. The highest BCUT2D eigenvalue weighted by atomic mass is 32.1. The summed E-state index contributed by atoms with van der Waals surface area (Å²) in [6.07, 6.45) is 3.56. The maximum atomic E-state index is 13.5. The Labute approximate surface area is 207 Å². The van der Waals surface area contributed by atoms with Crippen molar-refractivity contribution in [2.24, 2.45) is 5.41 Å². The van der Waals surface area contributed by atoms with E-state index in [2.05, 4.69) is 33.6 Å². The summed E-state index contributed by atoms with van der Waals surface area (Å²) in [6, 6.07) is 22.5. The number of amides is 1. The molecule has 35 heavy (non-hydrogen) atoms. The third kappa shape index (κ3) is 4.47. The van der Waals surface area contributed by atoms with Crippen molar-refractivity contribution in [3.8, 4) is 5.69 Å². The smallest absolute Gasteiger partial charge is 0.232 e. The van der Waals surface area contributed by atoms with Gasteiger partial charge in [0, 0.05) is 22.4 Å². The highest BCUT2D eigenvalue weighted by Crippen LogP contribution is 2.42. The van der Waals surface area contributed by atoms with Gasteiger partial charge in [-0.3, -0.25) is 4.79 Å². The first-order valence-electron chi connectivity index (χ1n) is 11.4. The summed E-state index contributed by atoms with van der Waals surface area (Å²) >= 11 is 1.46. The van der Waals surface area contributed by atoms with E-state index in [0.29, 0.717) is 5.13 Å². The fraction of sp³-hybridized carbons (Fsp3) is 0.179. The lowest BCUT2D eigenvalue weighted by Crippen LogP contribution is -2.37. The molecular weight excluding hydrogens is 459 g/mol. The van der Waals surface area contributed by atoms with Gasteiger partial charge < -0.3 is 5.32 Å². The Morgan fingerprint density at radius 2 is 1.74 bits per heavy atom. The number of thiazole rings is 1. The zero-order valence-electron chi connectivity index (χ0n) is 19.7. The molecule has 0 aliphatic carbocycles.